The van der Waals surface area contributed by atoms with E-state index in [-0.39, 0.29) is 30.1 Å². The highest BCUT2D eigenvalue weighted by molar-refractivity contribution is 5.94. The third kappa shape index (κ3) is 4.37. The fourth-order valence-electron chi connectivity index (χ4n) is 4.87. The minimum absolute atomic E-state index is 0.0395. The number of likely N-dealkylation sites (N-methyl/N-ethyl adjacent to an activating group) is 1. The smallest absolute Gasteiger partial charge is 0.244 e. The Kier molecular flexibility index (Phi) is 7.03. The van der Waals surface area contributed by atoms with Crippen LogP contribution in [0.5, 0.6) is 0 Å². The van der Waals surface area contributed by atoms with Crippen molar-refractivity contribution in [1.29, 1.82) is 0 Å². The molecule has 0 spiro atoms. The number of amides is 3. The SMILES string of the molecule is CNC(=O)C(C1CCCCC1)N1CCC(CC(=O)NO)(CC(C)C)C1=O. The lowest BCUT2D eigenvalue weighted by Gasteiger charge is -2.37. The molecule has 3 N–H and O–H groups in total. The second-order valence-corrected chi connectivity index (χ2v) is 8.30. The summed E-state index contributed by atoms with van der Waals surface area (Å²) in [5.74, 6) is -0.367. The Balaban J connectivity index is 2.28. The zero-order valence-corrected chi connectivity index (χ0v) is 16.2. The van der Waals surface area contributed by atoms with Gasteiger partial charge in [0.1, 0.15) is 6.04 Å². The van der Waals surface area contributed by atoms with E-state index in [1.807, 2.05) is 13.8 Å². The summed E-state index contributed by atoms with van der Waals surface area (Å²) in [6.07, 6.45) is 6.33. The van der Waals surface area contributed by atoms with Crippen LogP contribution in [0, 0.1) is 17.3 Å². The molecule has 7 nitrogen and oxygen atoms in total. The summed E-state index contributed by atoms with van der Waals surface area (Å²) in [5.41, 5.74) is 0.831. The third-order valence-electron chi connectivity index (χ3n) is 5.92. The molecule has 26 heavy (non-hydrogen) atoms. The van der Waals surface area contributed by atoms with Gasteiger partial charge in [0.15, 0.2) is 0 Å². The zero-order chi connectivity index (χ0) is 19.3. The molecular formula is C19H33N3O4. The van der Waals surface area contributed by atoms with Crippen LogP contribution in [0.1, 0.15) is 65.2 Å². The van der Waals surface area contributed by atoms with Crippen LogP contribution in [0.2, 0.25) is 0 Å². The minimum Gasteiger partial charge on any atom is -0.357 e. The lowest BCUT2D eigenvalue weighted by atomic mass is 9.75. The maximum atomic E-state index is 13.4. The van der Waals surface area contributed by atoms with E-state index in [9.17, 15) is 14.4 Å². The number of carbonyl (C=O) groups is 3. The quantitative estimate of drug-likeness (QED) is 0.472. The topological polar surface area (TPSA) is 98.7 Å². The molecule has 1 saturated heterocycles. The fourth-order valence-corrected chi connectivity index (χ4v) is 4.87. The molecule has 0 aromatic heterocycles. The van der Waals surface area contributed by atoms with Crippen LogP contribution in [-0.2, 0) is 14.4 Å². The van der Waals surface area contributed by atoms with Crippen LogP contribution in [0.4, 0.5) is 0 Å². The maximum absolute atomic E-state index is 13.4. The van der Waals surface area contributed by atoms with Gasteiger partial charge in [-0.25, -0.2) is 5.48 Å². The predicted molar refractivity (Wildman–Crippen MR) is 97.2 cm³/mol. The van der Waals surface area contributed by atoms with Crippen LogP contribution in [0.3, 0.4) is 0 Å². The molecule has 2 unspecified atom stereocenters. The molecule has 2 atom stereocenters. The molecule has 148 valence electrons. The van der Waals surface area contributed by atoms with Crippen LogP contribution in [0.15, 0.2) is 0 Å². The number of hydrogen-bond donors (Lipinski definition) is 3. The first-order valence-corrected chi connectivity index (χ1v) is 9.80. The van der Waals surface area contributed by atoms with E-state index in [4.69, 9.17) is 5.21 Å². The van der Waals surface area contributed by atoms with E-state index in [0.29, 0.717) is 19.4 Å². The Morgan fingerprint density at radius 2 is 1.92 bits per heavy atom. The van der Waals surface area contributed by atoms with E-state index in [1.165, 1.54) is 6.42 Å². The van der Waals surface area contributed by atoms with Gasteiger partial charge >= 0.3 is 0 Å². The monoisotopic (exact) mass is 367 g/mol. The highest BCUT2D eigenvalue weighted by Crippen LogP contribution is 2.43. The van der Waals surface area contributed by atoms with Gasteiger partial charge in [0.05, 0.1) is 5.41 Å². The molecule has 2 aliphatic rings. The highest BCUT2D eigenvalue weighted by atomic mass is 16.5. The van der Waals surface area contributed by atoms with Gasteiger partial charge in [0.2, 0.25) is 17.7 Å². The van der Waals surface area contributed by atoms with Crippen molar-refractivity contribution < 1.29 is 19.6 Å². The van der Waals surface area contributed by atoms with Crippen molar-refractivity contribution in [1.82, 2.24) is 15.7 Å². The molecule has 1 saturated carbocycles. The molecule has 3 amide bonds. The Morgan fingerprint density at radius 1 is 1.27 bits per heavy atom. The van der Waals surface area contributed by atoms with Gasteiger partial charge in [0, 0.05) is 20.0 Å². The van der Waals surface area contributed by atoms with Crippen LogP contribution < -0.4 is 10.8 Å². The summed E-state index contributed by atoms with van der Waals surface area (Å²) >= 11 is 0. The molecule has 0 radical (unpaired) electrons. The Labute approximate surface area is 155 Å². The van der Waals surface area contributed by atoms with Crippen molar-refractivity contribution in [3.63, 3.8) is 0 Å². The first-order valence-electron chi connectivity index (χ1n) is 9.80. The van der Waals surface area contributed by atoms with Crippen molar-refractivity contribution in [2.75, 3.05) is 13.6 Å². The van der Waals surface area contributed by atoms with Gasteiger partial charge in [-0.15, -0.1) is 0 Å². The Bertz CT molecular complexity index is 531. The van der Waals surface area contributed by atoms with Crippen molar-refractivity contribution >= 4 is 17.7 Å². The number of carbonyl (C=O) groups excluding carboxylic acids is 3. The number of nitrogens with zero attached hydrogens (tertiary/aromatic N) is 1. The average molecular weight is 367 g/mol. The molecular weight excluding hydrogens is 334 g/mol. The molecule has 7 heteroatoms. The molecule has 1 heterocycles. The predicted octanol–water partition coefficient (Wildman–Crippen LogP) is 1.84. The molecule has 0 aromatic rings. The van der Waals surface area contributed by atoms with Crippen LogP contribution in [0.25, 0.3) is 0 Å². The number of hydrogen-bond acceptors (Lipinski definition) is 4. The van der Waals surface area contributed by atoms with E-state index in [1.54, 1.807) is 17.4 Å². The molecule has 1 aliphatic heterocycles. The molecule has 0 aromatic carbocycles. The number of rotatable bonds is 7. The first-order chi connectivity index (χ1) is 12.3. The Hall–Kier alpha value is -1.63. The van der Waals surface area contributed by atoms with Crippen LogP contribution in [-0.4, -0.2) is 47.5 Å². The summed E-state index contributed by atoms with van der Waals surface area (Å²) in [6, 6.07) is -0.459. The van der Waals surface area contributed by atoms with Gasteiger partial charge in [-0.2, -0.15) is 0 Å². The van der Waals surface area contributed by atoms with E-state index < -0.39 is 17.4 Å². The second kappa shape index (κ2) is 8.84. The van der Waals surface area contributed by atoms with Crippen molar-refractivity contribution in [2.45, 2.75) is 71.3 Å². The summed E-state index contributed by atoms with van der Waals surface area (Å²) < 4.78 is 0. The summed E-state index contributed by atoms with van der Waals surface area (Å²) in [7, 11) is 1.61. The summed E-state index contributed by atoms with van der Waals surface area (Å²) in [4.78, 5) is 39.6. The van der Waals surface area contributed by atoms with Gasteiger partial charge in [0.25, 0.3) is 0 Å². The molecule has 2 rings (SSSR count). The van der Waals surface area contributed by atoms with Crippen molar-refractivity contribution in [2.24, 2.45) is 17.3 Å². The molecule has 0 bridgehead atoms. The summed E-state index contributed by atoms with van der Waals surface area (Å²) in [5, 5.41) is 11.7. The van der Waals surface area contributed by atoms with E-state index in [0.717, 1.165) is 25.7 Å². The molecule has 1 aliphatic carbocycles. The zero-order valence-electron chi connectivity index (χ0n) is 16.2. The van der Waals surface area contributed by atoms with E-state index >= 15 is 0 Å². The standard InChI is InChI=1S/C19H33N3O4/c1-13(2)11-19(12-15(23)21-26)9-10-22(18(19)25)16(17(24)20-3)14-7-5-4-6-8-14/h13-14,16,26H,4-12H2,1-3H3,(H,20,24)(H,21,23). The minimum atomic E-state index is -0.831. The first kappa shape index (κ1) is 20.7. The Morgan fingerprint density at radius 3 is 2.46 bits per heavy atom. The second-order valence-electron chi connectivity index (χ2n) is 8.30. The number of hydroxylamine groups is 1. The lowest BCUT2D eigenvalue weighted by molar-refractivity contribution is -0.148. The number of likely N-dealkylation sites (tertiary alicyclic amines) is 1. The summed E-state index contributed by atoms with van der Waals surface area (Å²) in [6.45, 7) is 4.52. The van der Waals surface area contributed by atoms with Gasteiger partial charge in [-0.1, -0.05) is 33.1 Å². The maximum Gasteiger partial charge on any atom is 0.244 e. The van der Waals surface area contributed by atoms with Gasteiger partial charge < -0.3 is 10.2 Å². The van der Waals surface area contributed by atoms with Crippen LogP contribution >= 0.6 is 0 Å². The average Bonchev–Trinajstić information content (AvgIpc) is 2.92. The van der Waals surface area contributed by atoms with E-state index in [2.05, 4.69) is 5.32 Å². The highest BCUT2D eigenvalue weighted by Gasteiger charge is 2.52. The normalized spacial score (nSPS) is 25.4. The van der Waals surface area contributed by atoms with Crippen molar-refractivity contribution in [3.8, 4) is 0 Å². The lowest BCUT2D eigenvalue weighted by Crippen LogP contribution is -2.53. The van der Waals surface area contributed by atoms with Gasteiger partial charge in [-0.3, -0.25) is 19.6 Å². The van der Waals surface area contributed by atoms with Crippen molar-refractivity contribution in [3.05, 3.63) is 0 Å². The largest absolute Gasteiger partial charge is 0.357 e. The third-order valence-corrected chi connectivity index (χ3v) is 5.92. The molecule has 2 fully saturated rings. The van der Waals surface area contributed by atoms with Gasteiger partial charge in [-0.05, 0) is 37.5 Å². The number of nitrogens with one attached hydrogen (secondary N) is 2. The fraction of sp³-hybridized carbons (Fsp3) is 0.842.